The summed E-state index contributed by atoms with van der Waals surface area (Å²) in [4.78, 5) is 2.70. The van der Waals surface area contributed by atoms with Crippen molar-refractivity contribution >= 4 is 6.34 Å². The van der Waals surface area contributed by atoms with E-state index >= 15 is 0 Å². The molecule has 2 nitrogen and oxygen atoms in total. The van der Waals surface area contributed by atoms with Gasteiger partial charge in [0.15, 0.2) is 0 Å². The van der Waals surface area contributed by atoms with Crippen LogP contribution < -0.4 is 0 Å². The molecule has 1 aliphatic heterocycles. The summed E-state index contributed by atoms with van der Waals surface area (Å²) < 4.78 is 2.62. The Morgan fingerprint density at radius 2 is 1.17 bits per heavy atom. The largest absolute Gasteiger partial charge is 0.256 e. The lowest BCUT2D eigenvalue weighted by molar-refractivity contribution is -0.588. The standard InChI is InChI=1S/C33H43N2/c1-24-16-12-14-20-27(24)29(28-21-15-13-17-25(28)2)35-23-34(22-26-18-10-9-11-19-26)30(32(3,4)5)31(35)33(6,7)8/h9-21,23,29-31H,22H2,1-8H3/q+1/t30-,31-/m0/s1. The number of hydrogen-bond acceptors (Lipinski definition) is 1. The quantitative estimate of drug-likeness (QED) is 0.347. The highest BCUT2D eigenvalue weighted by atomic mass is 15.3. The van der Waals surface area contributed by atoms with Gasteiger partial charge in [-0.25, -0.2) is 4.90 Å². The van der Waals surface area contributed by atoms with Crippen molar-refractivity contribution in [3.05, 3.63) is 107 Å². The SMILES string of the molecule is Cc1ccccc1C(c1ccccc1C)N1C=[N+](Cc2ccccc2)[C@H](C(C)(C)C)[C@H]1C(C)(C)C. The molecule has 1 aliphatic rings. The Kier molecular flexibility index (Phi) is 6.95. The van der Waals surface area contributed by atoms with E-state index in [2.05, 4.69) is 150 Å². The molecule has 4 rings (SSSR count). The van der Waals surface area contributed by atoms with Crippen LogP contribution in [0.15, 0.2) is 78.9 Å². The molecule has 2 heteroatoms. The smallest absolute Gasteiger partial charge is 0.235 e. The Bertz CT molecular complexity index is 1130. The van der Waals surface area contributed by atoms with Gasteiger partial charge in [-0.3, -0.25) is 4.58 Å². The van der Waals surface area contributed by atoms with Crippen LogP contribution in [0.3, 0.4) is 0 Å². The van der Waals surface area contributed by atoms with Crippen LogP contribution in [0.1, 0.15) is 75.4 Å². The highest BCUT2D eigenvalue weighted by Gasteiger charge is 2.55. The Labute approximate surface area is 213 Å². The summed E-state index contributed by atoms with van der Waals surface area (Å²) in [7, 11) is 0. The molecular weight excluding hydrogens is 424 g/mol. The van der Waals surface area contributed by atoms with E-state index < -0.39 is 0 Å². The van der Waals surface area contributed by atoms with E-state index in [9.17, 15) is 0 Å². The van der Waals surface area contributed by atoms with Crippen molar-refractivity contribution < 1.29 is 4.58 Å². The normalized spacial score (nSPS) is 18.8. The fraction of sp³-hybridized carbons (Fsp3) is 0.424. The van der Waals surface area contributed by atoms with Gasteiger partial charge in [0.05, 0.1) is 0 Å². The zero-order chi connectivity index (χ0) is 25.4. The number of hydrogen-bond donors (Lipinski definition) is 0. The number of benzene rings is 3. The molecule has 1 heterocycles. The first-order valence-corrected chi connectivity index (χ1v) is 13.0. The fourth-order valence-corrected chi connectivity index (χ4v) is 5.99. The van der Waals surface area contributed by atoms with Crippen molar-refractivity contribution in [1.29, 1.82) is 0 Å². The molecule has 0 radical (unpaired) electrons. The highest BCUT2D eigenvalue weighted by Crippen LogP contribution is 2.45. The number of nitrogens with zero attached hydrogens (tertiary/aromatic N) is 2. The molecule has 0 bridgehead atoms. The first-order chi connectivity index (χ1) is 16.5. The van der Waals surface area contributed by atoms with Gasteiger partial charge in [0.25, 0.3) is 0 Å². The van der Waals surface area contributed by atoms with E-state index in [1.165, 1.54) is 27.8 Å². The maximum atomic E-state index is 2.70. The maximum Gasteiger partial charge on any atom is 0.235 e. The molecule has 0 saturated heterocycles. The van der Waals surface area contributed by atoms with E-state index in [0.29, 0.717) is 12.1 Å². The molecule has 0 aromatic heterocycles. The Balaban J connectivity index is 1.94. The minimum absolute atomic E-state index is 0.0868. The third-order valence-corrected chi connectivity index (χ3v) is 7.51. The lowest BCUT2D eigenvalue weighted by Gasteiger charge is -2.41. The van der Waals surface area contributed by atoms with Crippen LogP contribution in [0.4, 0.5) is 0 Å². The van der Waals surface area contributed by atoms with Gasteiger partial charge in [0, 0.05) is 22.0 Å². The van der Waals surface area contributed by atoms with Crippen molar-refractivity contribution in [1.82, 2.24) is 4.90 Å². The van der Waals surface area contributed by atoms with Crippen LogP contribution in [0.25, 0.3) is 0 Å². The predicted molar refractivity (Wildman–Crippen MR) is 149 cm³/mol. The van der Waals surface area contributed by atoms with Gasteiger partial charge in [0.1, 0.15) is 24.7 Å². The fourth-order valence-electron chi connectivity index (χ4n) is 5.99. The molecule has 0 unspecified atom stereocenters. The summed E-state index contributed by atoms with van der Waals surface area (Å²) in [5, 5.41) is 0. The van der Waals surface area contributed by atoms with Crippen molar-refractivity contribution in [2.24, 2.45) is 10.8 Å². The molecule has 0 saturated carbocycles. The van der Waals surface area contributed by atoms with E-state index in [-0.39, 0.29) is 16.9 Å². The number of rotatable bonds is 5. The molecular formula is C33H43N2+. The van der Waals surface area contributed by atoms with Crippen molar-refractivity contribution in [2.45, 2.75) is 80.1 Å². The molecule has 3 aromatic carbocycles. The first kappa shape index (κ1) is 25.2. The third kappa shape index (κ3) is 5.22. The summed E-state index contributed by atoms with van der Waals surface area (Å²) in [5.74, 6) is 0. The molecule has 35 heavy (non-hydrogen) atoms. The van der Waals surface area contributed by atoms with E-state index in [4.69, 9.17) is 0 Å². The third-order valence-electron chi connectivity index (χ3n) is 7.51. The van der Waals surface area contributed by atoms with Crippen LogP contribution in [0.2, 0.25) is 0 Å². The van der Waals surface area contributed by atoms with Gasteiger partial charge in [-0.1, -0.05) is 120 Å². The Morgan fingerprint density at radius 3 is 1.63 bits per heavy atom. The summed E-state index contributed by atoms with van der Waals surface area (Å²) >= 11 is 0. The van der Waals surface area contributed by atoms with Crippen LogP contribution in [-0.2, 0) is 6.54 Å². The average Bonchev–Trinajstić information content (AvgIpc) is 3.17. The molecule has 2 atom stereocenters. The topological polar surface area (TPSA) is 6.25 Å². The minimum atomic E-state index is 0.0868. The van der Waals surface area contributed by atoms with Crippen LogP contribution in [0.5, 0.6) is 0 Å². The molecule has 0 N–H and O–H groups in total. The van der Waals surface area contributed by atoms with Gasteiger partial charge >= 0.3 is 0 Å². The van der Waals surface area contributed by atoms with E-state index in [1.54, 1.807) is 0 Å². The molecule has 0 spiro atoms. The maximum absolute atomic E-state index is 2.70. The lowest BCUT2D eigenvalue weighted by Crippen LogP contribution is -2.53. The summed E-state index contributed by atoms with van der Waals surface area (Å²) in [6, 6.07) is 29.7. The van der Waals surface area contributed by atoms with Crippen molar-refractivity contribution in [3.63, 3.8) is 0 Å². The second-order valence-electron chi connectivity index (χ2n) is 12.5. The highest BCUT2D eigenvalue weighted by molar-refractivity contribution is 5.57. The molecule has 0 fully saturated rings. The zero-order valence-electron chi connectivity index (χ0n) is 22.9. The van der Waals surface area contributed by atoms with Crippen molar-refractivity contribution in [3.8, 4) is 0 Å². The average molecular weight is 468 g/mol. The minimum Gasteiger partial charge on any atom is -0.256 e. The Hall–Kier alpha value is -2.87. The second-order valence-corrected chi connectivity index (χ2v) is 12.5. The van der Waals surface area contributed by atoms with Gasteiger partial charge < -0.3 is 0 Å². The lowest BCUT2D eigenvalue weighted by atomic mass is 9.71. The number of aryl methyl sites for hydroxylation is 2. The van der Waals surface area contributed by atoms with Crippen LogP contribution in [0, 0.1) is 24.7 Å². The summed E-state index contributed by atoms with van der Waals surface area (Å²) in [5.41, 5.74) is 7.02. The summed E-state index contributed by atoms with van der Waals surface area (Å²) in [6.45, 7) is 19.9. The molecule has 184 valence electrons. The monoisotopic (exact) mass is 467 g/mol. The zero-order valence-corrected chi connectivity index (χ0v) is 22.9. The van der Waals surface area contributed by atoms with E-state index in [1.807, 2.05) is 0 Å². The van der Waals surface area contributed by atoms with Crippen LogP contribution >= 0.6 is 0 Å². The van der Waals surface area contributed by atoms with E-state index in [0.717, 1.165) is 6.54 Å². The van der Waals surface area contributed by atoms with Gasteiger partial charge in [-0.2, -0.15) is 0 Å². The summed E-state index contributed by atoms with van der Waals surface area (Å²) in [6.07, 6.45) is 2.46. The van der Waals surface area contributed by atoms with Gasteiger partial charge in [-0.15, -0.1) is 0 Å². The first-order valence-electron chi connectivity index (χ1n) is 13.0. The van der Waals surface area contributed by atoms with Gasteiger partial charge in [0.2, 0.25) is 6.34 Å². The van der Waals surface area contributed by atoms with Crippen LogP contribution in [-0.4, -0.2) is 27.9 Å². The molecule has 3 aromatic rings. The van der Waals surface area contributed by atoms with Gasteiger partial charge in [-0.05, 0) is 30.5 Å². The second kappa shape index (κ2) is 9.64. The Morgan fingerprint density at radius 1 is 0.686 bits per heavy atom. The molecule has 0 aliphatic carbocycles. The molecule has 0 amide bonds. The van der Waals surface area contributed by atoms with Crippen molar-refractivity contribution in [2.75, 3.05) is 0 Å². The predicted octanol–water partition coefficient (Wildman–Crippen LogP) is 7.78.